The first-order valence-electron chi connectivity index (χ1n) is 10.6. The summed E-state index contributed by atoms with van der Waals surface area (Å²) in [6.07, 6.45) is -3.26. The van der Waals surface area contributed by atoms with Crippen LogP contribution in [0.2, 0.25) is 10.0 Å². The van der Waals surface area contributed by atoms with E-state index >= 15 is 4.39 Å². The molecule has 1 aliphatic rings. The lowest BCUT2D eigenvalue weighted by Gasteiger charge is -2.32. The van der Waals surface area contributed by atoms with E-state index in [9.17, 15) is 28.1 Å². The first-order valence-corrected chi connectivity index (χ1v) is 11.4. The quantitative estimate of drug-likeness (QED) is 0.209. The topological polar surface area (TPSA) is 75.5 Å². The molecule has 188 valence electrons. The zero-order chi connectivity index (χ0) is 26.2. The molecule has 1 aliphatic heterocycles. The Bertz CT molecular complexity index is 1370. The van der Waals surface area contributed by atoms with Gasteiger partial charge in [-0.25, -0.2) is 4.39 Å². The van der Waals surface area contributed by atoms with E-state index in [2.05, 4.69) is 5.32 Å². The van der Waals surface area contributed by atoms with Gasteiger partial charge < -0.3 is 10.2 Å². The third-order valence-corrected chi connectivity index (χ3v) is 6.46. The molecular weight excluding hydrogens is 525 g/mol. The average molecular weight is 542 g/mol. The lowest BCUT2D eigenvalue weighted by Crippen LogP contribution is -2.29. The number of fused-ring (bicyclic) bond motifs is 1. The predicted molar refractivity (Wildman–Crippen MR) is 128 cm³/mol. The number of non-ortho nitro benzene ring substituents is 1. The number of alkyl halides is 3. The molecule has 0 saturated carbocycles. The van der Waals surface area contributed by atoms with E-state index in [0.717, 1.165) is 24.3 Å². The minimum absolute atomic E-state index is 0.0314. The van der Waals surface area contributed by atoms with Crippen molar-refractivity contribution in [3.63, 3.8) is 0 Å². The van der Waals surface area contributed by atoms with Crippen LogP contribution in [0.5, 0.6) is 0 Å². The van der Waals surface area contributed by atoms with Crippen LogP contribution in [-0.4, -0.2) is 17.4 Å². The lowest BCUT2D eigenvalue weighted by molar-refractivity contribution is -0.384. The third-order valence-electron chi connectivity index (χ3n) is 5.78. The molecular formula is C24H17Cl2F4N3O3. The zero-order valence-corrected chi connectivity index (χ0v) is 19.8. The smallest absolute Gasteiger partial charge is 0.367 e. The number of halogens is 6. The summed E-state index contributed by atoms with van der Waals surface area (Å²) >= 11 is 12.1. The molecule has 1 N–H and O–H groups in total. The van der Waals surface area contributed by atoms with Gasteiger partial charge in [0.1, 0.15) is 5.82 Å². The first-order chi connectivity index (χ1) is 16.9. The molecule has 0 fully saturated rings. The van der Waals surface area contributed by atoms with Crippen molar-refractivity contribution in [3.05, 3.63) is 96.8 Å². The molecule has 0 radical (unpaired) electrons. The number of hydrogen-bond acceptors (Lipinski definition) is 4. The molecule has 0 aliphatic carbocycles. The number of rotatable bonds is 5. The molecule has 0 spiro atoms. The maximum absolute atomic E-state index is 15.0. The minimum atomic E-state index is -4.52. The lowest BCUT2D eigenvalue weighted by atomic mass is 9.99. The number of nitrogens with one attached hydrogen (secondary N) is 1. The van der Waals surface area contributed by atoms with E-state index in [1.54, 1.807) is 4.90 Å². The maximum Gasteiger partial charge on any atom is 0.416 e. The Balaban J connectivity index is 1.58. The fourth-order valence-corrected chi connectivity index (χ4v) is 4.43. The van der Waals surface area contributed by atoms with Gasteiger partial charge in [0, 0.05) is 35.9 Å². The Hall–Kier alpha value is -3.37. The molecule has 12 heteroatoms. The average Bonchev–Trinajstić information content (AvgIpc) is 2.80. The standard InChI is InChI=1S/C24H17Cl2F4N3O3/c25-18-6-5-16(33(35)36)10-17(18)23(34)31-21-8-13-2-1-7-32(22(13)11-20(21)27)12-14-3-4-15(9-19(14)26)24(28,29)30/h3-6,8-11H,1-2,7,12H2,(H,31,34). The van der Waals surface area contributed by atoms with Gasteiger partial charge in [-0.05, 0) is 54.3 Å². The van der Waals surface area contributed by atoms with Crippen molar-refractivity contribution >= 4 is 46.2 Å². The molecule has 0 bridgehead atoms. The van der Waals surface area contributed by atoms with Crippen LogP contribution in [0.3, 0.4) is 0 Å². The molecule has 3 aromatic carbocycles. The van der Waals surface area contributed by atoms with Crippen LogP contribution < -0.4 is 10.2 Å². The third kappa shape index (κ3) is 5.39. The van der Waals surface area contributed by atoms with Crippen molar-refractivity contribution in [2.75, 3.05) is 16.8 Å². The van der Waals surface area contributed by atoms with Crippen molar-refractivity contribution < 1.29 is 27.3 Å². The number of benzene rings is 3. The van der Waals surface area contributed by atoms with E-state index in [1.165, 1.54) is 24.3 Å². The Labute approximate surface area is 212 Å². The van der Waals surface area contributed by atoms with Crippen LogP contribution in [-0.2, 0) is 19.1 Å². The molecule has 3 aromatic rings. The number of carbonyl (C=O) groups excluding carboxylic acids is 1. The van der Waals surface area contributed by atoms with Gasteiger partial charge in [-0.1, -0.05) is 29.3 Å². The molecule has 1 amide bonds. The fraction of sp³-hybridized carbons (Fsp3) is 0.208. The van der Waals surface area contributed by atoms with Crippen LogP contribution in [0.1, 0.15) is 33.5 Å². The number of nitrogens with zero attached hydrogens (tertiary/aromatic N) is 2. The summed E-state index contributed by atoms with van der Waals surface area (Å²) in [5.74, 6) is -1.57. The number of carbonyl (C=O) groups is 1. The number of anilines is 2. The van der Waals surface area contributed by atoms with Crippen LogP contribution in [0, 0.1) is 15.9 Å². The first kappa shape index (κ1) is 25.7. The highest BCUT2D eigenvalue weighted by atomic mass is 35.5. The van der Waals surface area contributed by atoms with Crippen molar-refractivity contribution in [2.24, 2.45) is 0 Å². The van der Waals surface area contributed by atoms with Gasteiger partial charge in [0.05, 0.1) is 26.8 Å². The van der Waals surface area contributed by atoms with E-state index in [-0.39, 0.29) is 33.5 Å². The molecule has 4 rings (SSSR count). The van der Waals surface area contributed by atoms with Crippen LogP contribution in [0.4, 0.5) is 34.6 Å². The highest BCUT2D eigenvalue weighted by Gasteiger charge is 2.31. The molecule has 6 nitrogen and oxygen atoms in total. The van der Waals surface area contributed by atoms with Crippen LogP contribution in [0.25, 0.3) is 0 Å². The molecule has 0 unspecified atom stereocenters. The van der Waals surface area contributed by atoms with E-state index < -0.39 is 28.4 Å². The minimum Gasteiger partial charge on any atom is -0.367 e. The van der Waals surface area contributed by atoms with E-state index in [0.29, 0.717) is 36.2 Å². The molecule has 36 heavy (non-hydrogen) atoms. The Morgan fingerprint density at radius 3 is 2.50 bits per heavy atom. The van der Waals surface area contributed by atoms with Crippen molar-refractivity contribution in [3.8, 4) is 0 Å². The number of hydrogen-bond donors (Lipinski definition) is 1. The normalized spacial score (nSPS) is 13.3. The monoisotopic (exact) mass is 541 g/mol. The molecule has 0 aromatic heterocycles. The number of aryl methyl sites for hydroxylation is 1. The molecule has 0 saturated heterocycles. The van der Waals surface area contributed by atoms with Crippen molar-refractivity contribution in [1.82, 2.24) is 0 Å². The van der Waals surface area contributed by atoms with Gasteiger partial charge in [0.2, 0.25) is 0 Å². The number of amides is 1. The van der Waals surface area contributed by atoms with Gasteiger partial charge >= 0.3 is 6.18 Å². The number of nitro groups is 1. The van der Waals surface area contributed by atoms with Gasteiger partial charge in [0.25, 0.3) is 11.6 Å². The van der Waals surface area contributed by atoms with Gasteiger partial charge in [-0.3, -0.25) is 14.9 Å². The summed E-state index contributed by atoms with van der Waals surface area (Å²) in [6.45, 7) is 0.692. The Morgan fingerprint density at radius 2 is 1.83 bits per heavy atom. The highest BCUT2D eigenvalue weighted by molar-refractivity contribution is 6.34. The fourth-order valence-electron chi connectivity index (χ4n) is 3.99. The van der Waals surface area contributed by atoms with Crippen molar-refractivity contribution in [2.45, 2.75) is 25.6 Å². The predicted octanol–water partition coefficient (Wildman–Crippen LogP) is 7.26. The van der Waals surface area contributed by atoms with Gasteiger partial charge in [-0.2, -0.15) is 13.2 Å². The van der Waals surface area contributed by atoms with E-state index in [4.69, 9.17) is 23.2 Å². The van der Waals surface area contributed by atoms with Gasteiger partial charge in [0.15, 0.2) is 0 Å². The number of nitro benzene ring substituents is 1. The van der Waals surface area contributed by atoms with Crippen LogP contribution >= 0.6 is 23.2 Å². The zero-order valence-electron chi connectivity index (χ0n) is 18.3. The molecule has 0 atom stereocenters. The maximum atomic E-state index is 15.0. The summed E-state index contributed by atoms with van der Waals surface area (Å²) in [7, 11) is 0. The summed E-state index contributed by atoms with van der Waals surface area (Å²) in [4.78, 5) is 24.8. The second kappa shape index (κ2) is 9.94. The second-order valence-electron chi connectivity index (χ2n) is 8.17. The SMILES string of the molecule is O=C(Nc1cc2c(cc1F)N(Cc1ccc(C(F)(F)F)cc1Cl)CCC2)c1cc([N+](=O)[O-])ccc1Cl. The Morgan fingerprint density at radius 1 is 1.08 bits per heavy atom. The summed E-state index contributed by atoms with van der Waals surface area (Å²) in [6, 6.07) is 9.17. The van der Waals surface area contributed by atoms with Gasteiger partial charge in [-0.15, -0.1) is 0 Å². The Kier molecular flexibility index (Phi) is 7.10. The van der Waals surface area contributed by atoms with Crippen molar-refractivity contribution in [1.29, 1.82) is 0 Å². The van der Waals surface area contributed by atoms with E-state index in [1.807, 2.05) is 0 Å². The summed E-state index contributed by atoms with van der Waals surface area (Å²) < 4.78 is 53.8. The summed E-state index contributed by atoms with van der Waals surface area (Å²) in [5, 5.41) is 13.3. The second-order valence-corrected chi connectivity index (χ2v) is 8.98. The van der Waals surface area contributed by atoms with Crippen LogP contribution in [0.15, 0.2) is 48.5 Å². The summed E-state index contributed by atoms with van der Waals surface area (Å²) in [5.41, 5.74) is 0.193. The highest BCUT2D eigenvalue weighted by Crippen LogP contribution is 2.36. The largest absolute Gasteiger partial charge is 0.416 e. The molecule has 1 heterocycles.